The van der Waals surface area contributed by atoms with Crippen molar-refractivity contribution in [2.45, 2.75) is 51.1 Å². The van der Waals surface area contributed by atoms with E-state index in [1.54, 1.807) is 11.0 Å². The number of carbonyl (C=O) groups is 2. The Bertz CT molecular complexity index is 569. The van der Waals surface area contributed by atoms with Crippen LogP contribution in [0.1, 0.15) is 48.0 Å². The van der Waals surface area contributed by atoms with Crippen LogP contribution < -0.4 is 0 Å². The molecule has 0 radical (unpaired) electrons. The summed E-state index contributed by atoms with van der Waals surface area (Å²) in [5.41, 5.74) is 1.62. The fourth-order valence-corrected chi connectivity index (χ4v) is 3.90. The number of carbonyl (C=O) groups excluding carboxylic acids is 1. The average molecular weight is 287 g/mol. The van der Waals surface area contributed by atoms with Gasteiger partial charge >= 0.3 is 5.97 Å². The fourth-order valence-electron chi connectivity index (χ4n) is 3.90. The van der Waals surface area contributed by atoms with E-state index in [0.717, 1.165) is 31.2 Å². The molecule has 1 amide bonds. The van der Waals surface area contributed by atoms with Gasteiger partial charge in [0.1, 0.15) is 6.04 Å². The summed E-state index contributed by atoms with van der Waals surface area (Å²) in [5, 5.41) is 9.49. The Morgan fingerprint density at radius 1 is 1.24 bits per heavy atom. The lowest BCUT2D eigenvalue weighted by molar-refractivity contribution is -0.141. The van der Waals surface area contributed by atoms with Crippen molar-refractivity contribution in [2.24, 2.45) is 5.92 Å². The Morgan fingerprint density at radius 3 is 2.71 bits per heavy atom. The highest BCUT2D eigenvalue weighted by Crippen LogP contribution is 2.40. The molecule has 3 atom stereocenters. The molecular formula is C17H21NO3. The van der Waals surface area contributed by atoms with Crippen molar-refractivity contribution < 1.29 is 14.7 Å². The Hall–Kier alpha value is -1.84. The van der Waals surface area contributed by atoms with Gasteiger partial charge in [0.15, 0.2) is 0 Å². The molecule has 4 heteroatoms. The maximum atomic E-state index is 12.8. The maximum absolute atomic E-state index is 12.8. The third-order valence-electron chi connectivity index (χ3n) is 4.87. The van der Waals surface area contributed by atoms with Gasteiger partial charge in [0.25, 0.3) is 5.91 Å². The maximum Gasteiger partial charge on any atom is 0.326 e. The predicted molar refractivity (Wildman–Crippen MR) is 79.1 cm³/mol. The number of nitrogens with zero attached hydrogens (tertiary/aromatic N) is 1. The van der Waals surface area contributed by atoms with Gasteiger partial charge in [0, 0.05) is 11.6 Å². The first-order valence-electron chi connectivity index (χ1n) is 7.70. The summed E-state index contributed by atoms with van der Waals surface area (Å²) in [6.45, 7) is 1.94. The van der Waals surface area contributed by atoms with Crippen LogP contribution in [0.2, 0.25) is 0 Å². The molecule has 1 aliphatic heterocycles. The number of carboxylic acids is 1. The number of benzene rings is 1. The van der Waals surface area contributed by atoms with Gasteiger partial charge in [-0.3, -0.25) is 4.79 Å². The zero-order valence-electron chi connectivity index (χ0n) is 12.3. The van der Waals surface area contributed by atoms with Crippen molar-refractivity contribution in [2.75, 3.05) is 0 Å². The second-order valence-electron chi connectivity index (χ2n) is 6.28. The largest absolute Gasteiger partial charge is 0.480 e. The van der Waals surface area contributed by atoms with Crippen molar-refractivity contribution in [1.29, 1.82) is 0 Å². The van der Waals surface area contributed by atoms with Crippen LogP contribution in [0.15, 0.2) is 24.3 Å². The third-order valence-corrected chi connectivity index (χ3v) is 4.87. The number of aliphatic carboxylic acids is 1. The van der Waals surface area contributed by atoms with E-state index in [1.165, 1.54) is 0 Å². The summed E-state index contributed by atoms with van der Waals surface area (Å²) >= 11 is 0. The summed E-state index contributed by atoms with van der Waals surface area (Å²) in [5.74, 6) is -0.639. The van der Waals surface area contributed by atoms with Crippen molar-refractivity contribution in [3.63, 3.8) is 0 Å². The Labute approximate surface area is 124 Å². The first kappa shape index (κ1) is 14.1. The minimum absolute atomic E-state index is 0.105. The van der Waals surface area contributed by atoms with E-state index >= 15 is 0 Å². The van der Waals surface area contributed by atoms with Crippen molar-refractivity contribution in [3.8, 4) is 0 Å². The highest BCUT2D eigenvalue weighted by Gasteiger charge is 2.47. The van der Waals surface area contributed by atoms with Crippen LogP contribution in [0.3, 0.4) is 0 Å². The van der Waals surface area contributed by atoms with Gasteiger partial charge in [-0.05, 0) is 44.2 Å². The molecule has 0 spiro atoms. The Balaban J connectivity index is 1.92. The lowest BCUT2D eigenvalue weighted by Crippen LogP contribution is -2.46. The molecule has 1 N–H and O–H groups in total. The van der Waals surface area contributed by atoms with Crippen LogP contribution in [0.4, 0.5) is 0 Å². The molecule has 112 valence electrons. The number of likely N-dealkylation sites (tertiary alicyclic amines) is 1. The molecule has 3 unspecified atom stereocenters. The van der Waals surface area contributed by atoms with Crippen LogP contribution in [0, 0.1) is 12.8 Å². The Kier molecular flexibility index (Phi) is 3.70. The lowest BCUT2D eigenvalue weighted by atomic mass is 9.84. The molecule has 1 saturated heterocycles. The molecule has 1 aliphatic carbocycles. The number of hydrogen-bond donors (Lipinski definition) is 1. The van der Waals surface area contributed by atoms with E-state index in [0.29, 0.717) is 17.9 Å². The molecule has 2 fully saturated rings. The molecule has 3 rings (SSSR count). The van der Waals surface area contributed by atoms with E-state index in [2.05, 4.69) is 0 Å². The minimum Gasteiger partial charge on any atom is -0.480 e. The zero-order valence-corrected chi connectivity index (χ0v) is 12.3. The summed E-state index contributed by atoms with van der Waals surface area (Å²) in [4.78, 5) is 26.0. The topological polar surface area (TPSA) is 57.6 Å². The first-order valence-corrected chi connectivity index (χ1v) is 7.70. The molecule has 1 saturated carbocycles. The van der Waals surface area contributed by atoms with Crippen LogP contribution >= 0.6 is 0 Å². The number of aryl methyl sites for hydroxylation is 1. The van der Waals surface area contributed by atoms with Crippen molar-refractivity contribution in [3.05, 3.63) is 35.4 Å². The highest BCUT2D eigenvalue weighted by atomic mass is 16.4. The standard InChI is InChI=1S/C17H21NO3/c1-11-5-4-7-13(9-11)16(19)18-14-8-3-2-6-12(14)10-15(18)17(20)21/h4-5,7,9,12,14-15H,2-3,6,8,10H2,1H3,(H,20,21). The van der Waals surface area contributed by atoms with Gasteiger partial charge < -0.3 is 10.0 Å². The number of rotatable bonds is 2. The normalized spacial score (nSPS) is 28.2. The Morgan fingerprint density at radius 2 is 2.00 bits per heavy atom. The van der Waals surface area contributed by atoms with Crippen molar-refractivity contribution in [1.82, 2.24) is 4.90 Å². The fraction of sp³-hybridized carbons (Fsp3) is 0.529. The summed E-state index contributed by atoms with van der Waals surface area (Å²) in [6.07, 6.45) is 4.83. The van der Waals surface area contributed by atoms with Gasteiger partial charge in [-0.15, -0.1) is 0 Å². The number of hydrogen-bond acceptors (Lipinski definition) is 2. The smallest absolute Gasteiger partial charge is 0.326 e. The van der Waals surface area contributed by atoms with E-state index in [4.69, 9.17) is 0 Å². The monoisotopic (exact) mass is 287 g/mol. The number of carboxylic acid groups (broad SMARTS) is 1. The molecule has 21 heavy (non-hydrogen) atoms. The van der Waals surface area contributed by atoms with E-state index in [-0.39, 0.29) is 11.9 Å². The van der Waals surface area contributed by atoms with Gasteiger partial charge in [-0.2, -0.15) is 0 Å². The molecule has 0 aromatic heterocycles. The van der Waals surface area contributed by atoms with Crippen LogP contribution in [-0.2, 0) is 4.79 Å². The predicted octanol–water partition coefficient (Wildman–Crippen LogP) is 2.85. The van der Waals surface area contributed by atoms with E-state index in [9.17, 15) is 14.7 Å². The first-order chi connectivity index (χ1) is 10.1. The lowest BCUT2D eigenvalue weighted by Gasteiger charge is -2.33. The molecule has 1 aromatic rings. The number of fused-ring (bicyclic) bond motifs is 1. The summed E-state index contributed by atoms with van der Waals surface area (Å²) in [7, 11) is 0. The number of amides is 1. The molecule has 0 bridgehead atoms. The molecular weight excluding hydrogens is 266 g/mol. The highest BCUT2D eigenvalue weighted by molar-refractivity contribution is 5.97. The second kappa shape index (κ2) is 5.51. The van der Waals surface area contributed by atoms with Gasteiger partial charge in [0.05, 0.1) is 0 Å². The van der Waals surface area contributed by atoms with Gasteiger partial charge in [-0.1, -0.05) is 30.5 Å². The third kappa shape index (κ3) is 2.55. The molecule has 4 nitrogen and oxygen atoms in total. The van der Waals surface area contributed by atoms with E-state index in [1.807, 2.05) is 25.1 Å². The summed E-state index contributed by atoms with van der Waals surface area (Å²) < 4.78 is 0. The van der Waals surface area contributed by atoms with Crippen LogP contribution in [0.25, 0.3) is 0 Å². The van der Waals surface area contributed by atoms with Gasteiger partial charge in [0.2, 0.25) is 0 Å². The SMILES string of the molecule is Cc1cccc(C(=O)N2C(C(=O)O)CC3CCCCC32)c1. The minimum atomic E-state index is -0.870. The average Bonchev–Trinajstić information content (AvgIpc) is 2.86. The van der Waals surface area contributed by atoms with Crippen LogP contribution in [-0.4, -0.2) is 34.0 Å². The van der Waals surface area contributed by atoms with Crippen LogP contribution in [0.5, 0.6) is 0 Å². The summed E-state index contributed by atoms with van der Waals surface area (Å²) in [6, 6.07) is 6.87. The van der Waals surface area contributed by atoms with Crippen molar-refractivity contribution >= 4 is 11.9 Å². The zero-order chi connectivity index (χ0) is 15.0. The molecule has 1 aromatic carbocycles. The quantitative estimate of drug-likeness (QED) is 0.910. The van der Waals surface area contributed by atoms with Gasteiger partial charge in [-0.25, -0.2) is 4.79 Å². The second-order valence-corrected chi connectivity index (χ2v) is 6.28. The van der Waals surface area contributed by atoms with E-state index < -0.39 is 12.0 Å². The molecule has 1 heterocycles. The molecule has 2 aliphatic rings.